The molecule has 0 aliphatic carbocycles. The van der Waals surface area contributed by atoms with E-state index in [0.29, 0.717) is 11.8 Å². The number of carbonyl (C=O) groups is 2. The van der Waals surface area contributed by atoms with Crippen LogP contribution in [0.25, 0.3) is 0 Å². The number of non-ortho nitro benzene ring substituents is 1. The number of amides is 2. The van der Waals surface area contributed by atoms with E-state index in [9.17, 15) is 24.1 Å². The van der Waals surface area contributed by atoms with E-state index >= 15 is 0 Å². The Balaban J connectivity index is 2.41. The summed E-state index contributed by atoms with van der Waals surface area (Å²) < 4.78 is 14.2. The number of aryl methyl sites for hydroxylation is 1. The zero-order chi connectivity index (χ0) is 18.6. The minimum atomic E-state index is -1.00. The van der Waals surface area contributed by atoms with E-state index in [1.807, 2.05) is 13.0 Å². The molecule has 7 nitrogen and oxygen atoms in total. The summed E-state index contributed by atoms with van der Waals surface area (Å²) in [5.74, 6) is -2.31. The quantitative estimate of drug-likeness (QED) is 0.641. The van der Waals surface area contributed by atoms with E-state index in [0.717, 1.165) is 17.7 Å². The molecule has 0 unspecified atom stereocenters. The first-order valence-corrected chi connectivity index (χ1v) is 7.40. The molecule has 2 rings (SSSR count). The van der Waals surface area contributed by atoms with Crippen LogP contribution in [0.15, 0.2) is 42.5 Å². The van der Waals surface area contributed by atoms with Crippen molar-refractivity contribution in [3.8, 4) is 0 Å². The number of hydrogen-bond acceptors (Lipinski definition) is 4. The monoisotopic (exact) mass is 345 g/mol. The van der Waals surface area contributed by atoms with Gasteiger partial charge in [-0.25, -0.2) is 4.39 Å². The maximum Gasteiger partial charge on any atom is 0.272 e. The van der Waals surface area contributed by atoms with Crippen molar-refractivity contribution in [2.75, 3.05) is 11.4 Å². The summed E-state index contributed by atoms with van der Waals surface area (Å²) in [5, 5.41) is 10.7. The number of nitro groups is 1. The Morgan fingerprint density at radius 1 is 1.24 bits per heavy atom. The van der Waals surface area contributed by atoms with Crippen molar-refractivity contribution < 1.29 is 18.9 Å². The van der Waals surface area contributed by atoms with Crippen molar-refractivity contribution in [2.45, 2.75) is 13.3 Å². The number of benzene rings is 2. The smallest absolute Gasteiger partial charge is 0.272 e. The number of primary amides is 1. The average molecular weight is 345 g/mol. The van der Waals surface area contributed by atoms with Crippen molar-refractivity contribution in [2.24, 2.45) is 5.73 Å². The van der Waals surface area contributed by atoms with E-state index in [-0.39, 0.29) is 18.5 Å². The van der Waals surface area contributed by atoms with Crippen molar-refractivity contribution in [1.29, 1.82) is 0 Å². The second kappa shape index (κ2) is 7.52. The Bertz CT molecular complexity index is 838. The van der Waals surface area contributed by atoms with E-state index in [2.05, 4.69) is 0 Å². The van der Waals surface area contributed by atoms with Crippen LogP contribution < -0.4 is 10.6 Å². The van der Waals surface area contributed by atoms with Crippen molar-refractivity contribution >= 4 is 23.2 Å². The number of hydrogen-bond donors (Lipinski definition) is 1. The van der Waals surface area contributed by atoms with Gasteiger partial charge < -0.3 is 10.6 Å². The van der Waals surface area contributed by atoms with Crippen molar-refractivity contribution in [3.63, 3.8) is 0 Å². The predicted octanol–water partition coefficient (Wildman–Crippen LogP) is 2.56. The van der Waals surface area contributed by atoms with Crippen LogP contribution in [-0.2, 0) is 4.79 Å². The average Bonchev–Trinajstić information content (AvgIpc) is 2.54. The summed E-state index contributed by atoms with van der Waals surface area (Å²) in [4.78, 5) is 35.0. The Hall–Kier alpha value is -3.29. The highest BCUT2D eigenvalue weighted by atomic mass is 19.1. The zero-order valence-electron chi connectivity index (χ0n) is 13.4. The van der Waals surface area contributed by atoms with Crippen molar-refractivity contribution in [1.82, 2.24) is 0 Å². The lowest BCUT2D eigenvalue weighted by Crippen LogP contribution is -2.34. The first kappa shape index (κ1) is 18.1. The molecule has 0 radical (unpaired) electrons. The Labute approximate surface area is 143 Å². The largest absolute Gasteiger partial charge is 0.370 e. The van der Waals surface area contributed by atoms with Gasteiger partial charge in [0, 0.05) is 24.7 Å². The lowest BCUT2D eigenvalue weighted by atomic mass is 10.1. The molecule has 0 atom stereocenters. The lowest BCUT2D eigenvalue weighted by Gasteiger charge is -2.23. The Morgan fingerprint density at radius 2 is 1.96 bits per heavy atom. The SMILES string of the molecule is Cc1cccc(N(CCC(N)=O)C(=O)c2ccc([N+](=O)[O-])cc2F)c1. The summed E-state index contributed by atoms with van der Waals surface area (Å²) in [7, 11) is 0. The van der Waals surface area contributed by atoms with Gasteiger partial charge in [-0.2, -0.15) is 0 Å². The molecule has 0 aliphatic heterocycles. The number of nitro benzene ring substituents is 1. The zero-order valence-corrected chi connectivity index (χ0v) is 13.4. The molecule has 0 aromatic heterocycles. The number of nitrogens with two attached hydrogens (primary N) is 1. The third kappa shape index (κ3) is 4.37. The third-order valence-electron chi connectivity index (χ3n) is 3.53. The van der Waals surface area contributed by atoms with Gasteiger partial charge in [0.1, 0.15) is 5.82 Å². The standard InChI is InChI=1S/C17H16FN3O4/c1-11-3-2-4-12(9-11)20(8-7-16(19)22)17(23)14-6-5-13(21(24)25)10-15(14)18/h2-6,9-10H,7-8H2,1H3,(H2,19,22). The van der Waals surface area contributed by atoms with Crippen LogP contribution in [0, 0.1) is 22.9 Å². The molecule has 0 bridgehead atoms. The van der Waals surface area contributed by atoms with E-state index in [1.54, 1.807) is 18.2 Å². The molecule has 2 aromatic rings. The molecule has 2 amide bonds. The molecular formula is C17H16FN3O4. The molecule has 0 spiro atoms. The summed E-state index contributed by atoms with van der Waals surface area (Å²) in [6.45, 7) is 1.79. The van der Waals surface area contributed by atoms with E-state index in [4.69, 9.17) is 5.73 Å². The molecule has 0 heterocycles. The lowest BCUT2D eigenvalue weighted by molar-refractivity contribution is -0.385. The van der Waals surface area contributed by atoms with Crippen LogP contribution in [0.4, 0.5) is 15.8 Å². The summed E-state index contributed by atoms with van der Waals surface area (Å²) >= 11 is 0. The Kier molecular flexibility index (Phi) is 5.43. The third-order valence-corrected chi connectivity index (χ3v) is 3.53. The fourth-order valence-electron chi connectivity index (χ4n) is 2.30. The topological polar surface area (TPSA) is 107 Å². The molecule has 0 saturated carbocycles. The van der Waals surface area contributed by atoms with Crippen LogP contribution in [0.3, 0.4) is 0 Å². The highest BCUT2D eigenvalue weighted by molar-refractivity contribution is 6.06. The second-order valence-electron chi connectivity index (χ2n) is 5.43. The van der Waals surface area contributed by atoms with Crippen molar-refractivity contribution in [3.05, 3.63) is 69.5 Å². The van der Waals surface area contributed by atoms with Gasteiger partial charge in [0.05, 0.1) is 16.6 Å². The van der Waals surface area contributed by atoms with Gasteiger partial charge in [0.25, 0.3) is 11.6 Å². The molecule has 2 N–H and O–H groups in total. The number of rotatable bonds is 6. The van der Waals surface area contributed by atoms with Crippen LogP contribution in [0.2, 0.25) is 0 Å². The number of anilines is 1. The molecule has 0 saturated heterocycles. The summed E-state index contributed by atoms with van der Waals surface area (Å²) in [6, 6.07) is 9.71. The predicted molar refractivity (Wildman–Crippen MR) is 89.7 cm³/mol. The van der Waals surface area contributed by atoms with Crippen LogP contribution in [0.1, 0.15) is 22.3 Å². The highest BCUT2D eigenvalue weighted by Crippen LogP contribution is 2.22. The van der Waals surface area contributed by atoms with Gasteiger partial charge in [-0.05, 0) is 30.7 Å². The van der Waals surface area contributed by atoms with E-state index in [1.165, 1.54) is 4.90 Å². The van der Waals surface area contributed by atoms with Gasteiger partial charge in [-0.3, -0.25) is 19.7 Å². The van der Waals surface area contributed by atoms with Crippen LogP contribution in [-0.4, -0.2) is 23.3 Å². The normalized spacial score (nSPS) is 10.3. The summed E-state index contributed by atoms with van der Waals surface area (Å²) in [5.41, 5.74) is 5.72. The fraction of sp³-hybridized carbons (Fsp3) is 0.176. The Morgan fingerprint density at radius 3 is 2.52 bits per heavy atom. The molecule has 25 heavy (non-hydrogen) atoms. The minimum absolute atomic E-state index is 0.0337. The van der Waals surface area contributed by atoms with Gasteiger partial charge in [-0.15, -0.1) is 0 Å². The van der Waals surface area contributed by atoms with Gasteiger partial charge in [-0.1, -0.05) is 12.1 Å². The maximum atomic E-state index is 14.2. The minimum Gasteiger partial charge on any atom is -0.370 e. The van der Waals surface area contributed by atoms with Crippen LogP contribution >= 0.6 is 0 Å². The molecule has 0 fully saturated rings. The van der Waals surface area contributed by atoms with Gasteiger partial charge in [0.2, 0.25) is 5.91 Å². The first-order chi connectivity index (χ1) is 11.8. The highest BCUT2D eigenvalue weighted by Gasteiger charge is 2.23. The molecule has 130 valence electrons. The maximum absolute atomic E-state index is 14.2. The number of halogens is 1. The van der Waals surface area contributed by atoms with Gasteiger partial charge >= 0.3 is 0 Å². The summed E-state index contributed by atoms with van der Waals surface area (Å²) in [6.07, 6.45) is -0.103. The first-order valence-electron chi connectivity index (χ1n) is 7.40. The fourth-order valence-corrected chi connectivity index (χ4v) is 2.30. The van der Waals surface area contributed by atoms with Crippen LogP contribution in [0.5, 0.6) is 0 Å². The number of nitrogens with zero attached hydrogens (tertiary/aromatic N) is 2. The molecule has 2 aromatic carbocycles. The van der Waals surface area contributed by atoms with E-state index < -0.39 is 28.2 Å². The molecule has 0 aliphatic rings. The van der Waals surface area contributed by atoms with Gasteiger partial charge in [0.15, 0.2) is 0 Å². The second-order valence-corrected chi connectivity index (χ2v) is 5.43. The molecular weight excluding hydrogens is 329 g/mol. The molecule has 8 heteroatoms. The number of carbonyl (C=O) groups excluding carboxylic acids is 2.